The van der Waals surface area contributed by atoms with E-state index in [0.29, 0.717) is 6.42 Å². The summed E-state index contributed by atoms with van der Waals surface area (Å²) in [6.07, 6.45) is 1.53. The van der Waals surface area contributed by atoms with Crippen LogP contribution in [-0.2, 0) is 19.9 Å². The zero-order chi connectivity index (χ0) is 10.7. The van der Waals surface area contributed by atoms with Gasteiger partial charge < -0.3 is 10.8 Å². The number of halogens is 1. The Morgan fingerprint density at radius 1 is 1.64 bits per heavy atom. The number of aryl methyl sites for hydroxylation is 2. The van der Waals surface area contributed by atoms with Crippen molar-refractivity contribution >= 4 is 15.9 Å². The molecule has 0 radical (unpaired) electrons. The van der Waals surface area contributed by atoms with Gasteiger partial charge in [-0.1, -0.05) is 6.92 Å². The van der Waals surface area contributed by atoms with Crippen molar-refractivity contribution in [3.05, 3.63) is 15.9 Å². The van der Waals surface area contributed by atoms with Crippen LogP contribution in [0.5, 0.6) is 0 Å². The van der Waals surface area contributed by atoms with Gasteiger partial charge in [0.15, 0.2) is 0 Å². The van der Waals surface area contributed by atoms with Gasteiger partial charge in [-0.25, -0.2) is 0 Å². The van der Waals surface area contributed by atoms with Crippen LogP contribution in [0.1, 0.15) is 18.3 Å². The van der Waals surface area contributed by atoms with E-state index in [4.69, 9.17) is 10.8 Å². The molecular formula is C9H16BrN3O. The first kappa shape index (κ1) is 11.7. The largest absolute Gasteiger partial charge is 0.395 e. The highest BCUT2D eigenvalue weighted by Crippen LogP contribution is 2.22. The summed E-state index contributed by atoms with van der Waals surface area (Å²) in [6.45, 7) is 2.06. The monoisotopic (exact) mass is 261 g/mol. The fourth-order valence-electron chi connectivity index (χ4n) is 1.35. The van der Waals surface area contributed by atoms with Crippen molar-refractivity contribution in [2.75, 3.05) is 6.61 Å². The summed E-state index contributed by atoms with van der Waals surface area (Å²) in [5.74, 6) is 0. The molecule has 14 heavy (non-hydrogen) atoms. The molecule has 0 aromatic carbocycles. The molecule has 3 N–H and O–H groups in total. The van der Waals surface area contributed by atoms with E-state index in [1.54, 1.807) is 0 Å². The lowest BCUT2D eigenvalue weighted by Gasteiger charge is -2.08. The lowest BCUT2D eigenvalue weighted by Crippen LogP contribution is -2.28. The Hall–Kier alpha value is -0.390. The standard InChI is InChI=1S/C9H16BrN3O/c1-3-7-9(10)8(13(2)12-7)4-6(11)5-14/h6,14H,3-5,11H2,1-2H3. The summed E-state index contributed by atoms with van der Waals surface area (Å²) in [6, 6.07) is -0.216. The van der Waals surface area contributed by atoms with E-state index in [1.807, 2.05) is 11.7 Å². The number of aliphatic hydroxyl groups is 1. The quantitative estimate of drug-likeness (QED) is 0.835. The fourth-order valence-corrected chi connectivity index (χ4v) is 2.13. The van der Waals surface area contributed by atoms with Gasteiger partial charge in [-0.05, 0) is 22.4 Å². The predicted molar refractivity (Wildman–Crippen MR) is 59.1 cm³/mol. The van der Waals surface area contributed by atoms with E-state index in [0.717, 1.165) is 22.3 Å². The van der Waals surface area contributed by atoms with Crippen molar-refractivity contribution in [1.29, 1.82) is 0 Å². The van der Waals surface area contributed by atoms with E-state index < -0.39 is 0 Å². The lowest BCUT2D eigenvalue weighted by atomic mass is 10.1. The third kappa shape index (κ3) is 2.34. The number of nitrogens with two attached hydrogens (primary N) is 1. The van der Waals surface area contributed by atoms with Crippen molar-refractivity contribution in [2.45, 2.75) is 25.8 Å². The SMILES string of the molecule is CCc1nn(C)c(CC(N)CO)c1Br. The van der Waals surface area contributed by atoms with Crippen molar-refractivity contribution in [3.63, 3.8) is 0 Å². The molecule has 0 amide bonds. The molecule has 1 aromatic heterocycles. The molecule has 0 aliphatic rings. The minimum absolute atomic E-state index is 0.000914. The second-order valence-corrected chi connectivity index (χ2v) is 4.12. The highest BCUT2D eigenvalue weighted by Gasteiger charge is 2.14. The molecule has 0 fully saturated rings. The first-order chi connectivity index (χ1) is 6.60. The van der Waals surface area contributed by atoms with Crippen LogP contribution in [0.25, 0.3) is 0 Å². The van der Waals surface area contributed by atoms with Gasteiger partial charge in [0.05, 0.1) is 22.5 Å². The van der Waals surface area contributed by atoms with Gasteiger partial charge in [0.25, 0.3) is 0 Å². The van der Waals surface area contributed by atoms with Crippen LogP contribution in [0, 0.1) is 0 Å². The number of aromatic nitrogens is 2. The molecule has 0 spiro atoms. The minimum Gasteiger partial charge on any atom is -0.395 e. The van der Waals surface area contributed by atoms with Crippen LogP contribution in [0.4, 0.5) is 0 Å². The molecule has 80 valence electrons. The van der Waals surface area contributed by atoms with Crippen LogP contribution in [0.3, 0.4) is 0 Å². The Bertz CT molecular complexity index is 311. The van der Waals surface area contributed by atoms with E-state index in [9.17, 15) is 0 Å². The molecule has 1 unspecified atom stereocenters. The Balaban J connectivity index is 2.90. The maximum atomic E-state index is 8.87. The summed E-state index contributed by atoms with van der Waals surface area (Å²) in [5, 5.41) is 13.2. The maximum Gasteiger partial charge on any atom is 0.0766 e. The first-order valence-corrected chi connectivity index (χ1v) is 5.46. The molecule has 1 aromatic rings. The van der Waals surface area contributed by atoms with Crippen molar-refractivity contribution in [1.82, 2.24) is 9.78 Å². The lowest BCUT2D eigenvalue weighted by molar-refractivity contribution is 0.263. The van der Waals surface area contributed by atoms with E-state index in [2.05, 4.69) is 28.0 Å². The normalized spacial score (nSPS) is 13.2. The number of hydrogen-bond acceptors (Lipinski definition) is 3. The maximum absolute atomic E-state index is 8.87. The summed E-state index contributed by atoms with van der Waals surface area (Å²) in [5.41, 5.74) is 7.76. The summed E-state index contributed by atoms with van der Waals surface area (Å²) >= 11 is 3.50. The van der Waals surface area contributed by atoms with Crippen LogP contribution in [0.15, 0.2) is 4.47 Å². The second kappa shape index (κ2) is 4.91. The number of hydrogen-bond donors (Lipinski definition) is 2. The molecule has 4 nitrogen and oxygen atoms in total. The molecular weight excluding hydrogens is 246 g/mol. The molecule has 0 saturated heterocycles. The molecule has 0 aliphatic carbocycles. The minimum atomic E-state index is -0.216. The Kier molecular flexibility index (Phi) is 4.10. The smallest absolute Gasteiger partial charge is 0.0766 e. The van der Waals surface area contributed by atoms with Crippen molar-refractivity contribution < 1.29 is 5.11 Å². The van der Waals surface area contributed by atoms with Gasteiger partial charge in [-0.15, -0.1) is 0 Å². The molecule has 0 aliphatic heterocycles. The van der Waals surface area contributed by atoms with Crippen molar-refractivity contribution in [3.8, 4) is 0 Å². The third-order valence-electron chi connectivity index (χ3n) is 2.19. The van der Waals surface area contributed by atoms with Gasteiger partial charge in [0, 0.05) is 19.5 Å². The van der Waals surface area contributed by atoms with Crippen LogP contribution in [0.2, 0.25) is 0 Å². The zero-order valence-corrected chi connectivity index (χ0v) is 10.1. The number of nitrogens with zero attached hydrogens (tertiary/aromatic N) is 2. The molecule has 5 heteroatoms. The van der Waals surface area contributed by atoms with E-state index in [1.165, 1.54) is 0 Å². The van der Waals surface area contributed by atoms with Gasteiger partial charge in [0.2, 0.25) is 0 Å². The highest BCUT2D eigenvalue weighted by molar-refractivity contribution is 9.10. The fraction of sp³-hybridized carbons (Fsp3) is 0.667. The molecule has 1 atom stereocenters. The second-order valence-electron chi connectivity index (χ2n) is 3.33. The molecule has 1 heterocycles. The first-order valence-electron chi connectivity index (χ1n) is 4.66. The Labute approximate surface area is 92.2 Å². The third-order valence-corrected chi connectivity index (χ3v) is 3.11. The number of aliphatic hydroxyl groups excluding tert-OH is 1. The highest BCUT2D eigenvalue weighted by atomic mass is 79.9. The average molecular weight is 262 g/mol. The predicted octanol–water partition coefficient (Wildman–Crippen LogP) is 0.607. The Morgan fingerprint density at radius 2 is 2.29 bits per heavy atom. The van der Waals surface area contributed by atoms with Crippen LogP contribution < -0.4 is 5.73 Å². The van der Waals surface area contributed by atoms with Gasteiger partial charge >= 0.3 is 0 Å². The van der Waals surface area contributed by atoms with E-state index >= 15 is 0 Å². The van der Waals surface area contributed by atoms with Crippen LogP contribution in [-0.4, -0.2) is 27.5 Å². The molecule has 1 rings (SSSR count). The molecule has 0 bridgehead atoms. The average Bonchev–Trinajstić information content (AvgIpc) is 2.44. The van der Waals surface area contributed by atoms with Gasteiger partial charge in [-0.3, -0.25) is 4.68 Å². The molecule has 0 saturated carbocycles. The van der Waals surface area contributed by atoms with Crippen LogP contribution >= 0.6 is 15.9 Å². The van der Waals surface area contributed by atoms with E-state index in [-0.39, 0.29) is 12.6 Å². The van der Waals surface area contributed by atoms with Gasteiger partial charge in [0.1, 0.15) is 0 Å². The van der Waals surface area contributed by atoms with Crippen molar-refractivity contribution in [2.24, 2.45) is 12.8 Å². The number of rotatable bonds is 4. The zero-order valence-electron chi connectivity index (χ0n) is 8.50. The summed E-state index contributed by atoms with van der Waals surface area (Å²) in [4.78, 5) is 0. The van der Waals surface area contributed by atoms with Gasteiger partial charge in [-0.2, -0.15) is 5.10 Å². The summed E-state index contributed by atoms with van der Waals surface area (Å²) in [7, 11) is 1.89. The summed E-state index contributed by atoms with van der Waals surface area (Å²) < 4.78 is 2.84. The Morgan fingerprint density at radius 3 is 2.71 bits per heavy atom. The topological polar surface area (TPSA) is 64.1 Å².